The maximum Gasteiger partial charge on any atom is 0.153 e. The highest BCUT2D eigenvalue weighted by atomic mass is 35.5. The van der Waals surface area contributed by atoms with Gasteiger partial charge in [0, 0.05) is 16.9 Å². The third-order valence-corrected chi connectivity index (χ3v) is 4.16. The van der Waals surface area contributed by atoms with Crippen LogP contribution in [0.4, 0.5) is 0 Å². The standard InChI is InChI=1S/C16H15ClN2OS/c1-8(2)15-18-13(9(3)16(21)19-15)12-7-10-5-4-6-11(17)14(10)20-12/h4-8H,1-3H3,(H,18,19,21). The monoisotopic (exact) mass is 318 g/mol. The summed E-state index contributed by atoms with van der Waals surface area (Å²) in [5, 5.41) is 1.58. The number of hydrogen-bond acceptors (Lipinski definition) is 3. The Balaban J connectivity index is 2.27. The largest absolute Gasteiger partial charge is 0.453 e. The van der Waals surface area contributed by atoms with E-state index in [1.165, 1.54) is 0 Å². The van der Waals surface area contributed by atoms with Crippen LogP contribution in [0.5, 0.6) is 0 Å². The molecule has 0 bridgehead atoms. The summed E-state index contributed by atoms with van der Waals surface area (Å²) in [6.45, 7) is 6.09. The fourth-order valence-electron chi connectivity index (χ4n) is 2.22. The molecule has 0 atom stereocenters. The van der Waals surface area contributed by atoms with Crippen LogP contribution in [0.25, 0.3) is 22.4 Å². The molecule has 2 heterocycles. The molecule has 1 N–H and O–H groups in total. The van der Waals surface area contributed by atoms with Crippen LogP contribution in [-0.4, -0.2) is 9.97 Å². The second-order valence-corrected chi connectivity index (χ2v) is 6.14. The van der Waals surface area contributed by atoms with E-state index in [0.29, 0.717) is 15.2 Å². The second-order valence-electron chi connectivity index (χ2n) is 5.35. The molecule has 3 rings (SSSR count). The van der Waals surface area contributed by atoms with E-state index in [1.807, 2.05) is 31.2 Å². The molecule has 0 amide bonds. The van der Waals surface area contributed by atoms with E-state index in [-0.39, 0.29) is 5.92 Å². The molecular formula is C16H15ClN2OS. The van der Waals surface area contributed by atoms with Gasteiger partial charge in [-0.1, -0.05) is 49.8 Å². The van der Waals surface area contributed by atoms with Gasteiger partial charge in [-0.2, -0.15) is 0 Å². The molecule has 0 unspecified atom stereocenters. The van der Waals surface area contributed by atoms with Crippen molar-refractivity contribution in [3.63, 3.8) is 0 Å². The summed E-state index contributed by atoms with van der Waals surface area (Å²) in [5.41, 5.74) is 2.46. The Kier molecular flexibility index (Phi) is 3.59. The summed E-state index contributed by atoms with van der Waals surface area (Å²) in [4.78, 5) is 7.76. The van der Waals surface area contributed by atoms with Crippen molar-refractivity contribution in [1.29, 1.82) is 0 Å². The van der Waals surface area contributed by atoms with E-state index < -0.39 is 0 Å². The SMILES string of the molecule is Cc1c(-c2cc3cccc(Cl)c3o2)[nH]c(C(C)C)nc1=S. The maximum absolute atomic E-state index is 6.17. The van der Waals surface area contributed by atoms with E-state index in [4.69, 9.17) is 28.2 Å². The molecule has 5 heteroatoms. The summed E-state index contributed by atoms with van der Waals surface area (Å²) >= 11 is 11.5. The first-order valence-electron chi connectivity index (χ1n) is 6.76. The van der Waals surface area contributed by atoms with Gasteiger partial charge in [0.15, 0.2) is 11.3 Å². The first-order valence-corrected chi connectivity index (χ1v) is 7.55. The Hall–Kier alpha value is -1.65. The molecule has 0 saturated carbocycles. The van der Waals surface area contributed by atoms with Crippen LogP contribution in [0.2, 0.25) is 5.02 Å². The summed E-state index contributed by atoms with van der Waals surface area (Å²) in [6.07, 6.45) is 0. The summed E-state index contributed by atoms with van der Waals surface area (Å²) in [5.74, 6) is 1.84. The van der Waals surface area contributed by atoms with Gasteiger partial charge in [0.05, 0.1) is 10.7 Å². The minimum Gasteiger partial charge on any atom is -0.453 e. The molecule has 1 aromatic carbocycles. The Labute approximate surface area is 133 Å². The van der Waals surface area contributed by atoms with Gasteiger partial charge in [-0.15, -0.1) is 0 Å². The number of nitrogens with one attached hydrogen (secondary N) is 1. The molecule has 2 aromatic heterocycles. The average Bonchev–Trinajstić information content (AvgIpc) is 2.86. The Morgan fingerprint density at radius 2 is 2.10 bits per heavy atom. The molecule has 0 saturated heterocycles. The Morgan fingerprint density at radius 1 is 1.33 bits per heavy atom. The van der Waals surface area contributed by atoms with E-state index in [0.717, 1.165) is 28.2 Å². The van der Waals surface area contributed by atoms with Crippen molar-refractivity contribution in [2.45, 2.75) is 26.7 Å². The summed E-state index contributed by atoms with van der Waals surface area (Å²) in [7, 11) is 0. The molecule has 0 fully saturated rings. The number of furan rings is 1. The van der Waals surface area contributed by atoms with Crippen LogP contribution in [0.1, 0.15) is 31.2 Å². The van der Waals surface area contributed by atoms with E-state index in [2.05, 4.69) is 23.8 Å². The normalized spacial score (nSPS) is 11.5. The molecule has 0 aliphatic heterocycles. The van der Waals surface area contributed by atoms with Crippen LogP contribution in [0, 0.1) is 11.6 Å². The molecule has 3 aromatic rings. The number of halogens is 1. The van der Waals surface area contributed by atoms with E-state index in [9.17, 15) is 0 Å². The quantitative estimate of drug-likeness (QED) is 0.622. The fourth-order valence-corrected chi connectivity index (χ4v) is 2.64. The molecule has 0 aliphatic rings. The van der Waals surface area contributed by atoms with Crippen LogP contribution in [-0.2, 0) is 0 Å². The molecular weight excluding hydrogens is 304 g/mol. The second kappa shape index (κ2) is 5.28. The summed E-state index contributed by atoms with van der Waals surface area (Å²) < 4.78 is 6.51. The van der Waals surface area contributed by atoms with Gasteiger partial charge in [0.1, 0.15) is 10.5 Å². The van der Waals surface area contributed by atoms with Crippen molar-refractivity contribution in [3.8, 4) is 11.5 Å². The smallest absolute Gasteiger partial charge is 0.153 e. The lowest BCUT2D eigenvalue weighted by Crippen LogP contribution is -2.01. The molecule has 3 nitrogen and oxygen atoms in total. The number of fused-ring (bicyclic) bond motifs is 1. The first kappa shape index (κ1) is 14.3. The number of nitrogens with zero attached hydrogens (tertiary/aromatic N) is 1. The summed E-state index contributed by atoms with van der Waals surface area (Å²) in [6, 6.07) is 7.67. The van der Waals surface area contributed by atoms with Gasteiger partial charge < -0.3 is 9.40 Å². The molecule has 0 spiro atoms. The Morgan fingerprint density at radius 3 is 2.76 bits per heavy atom. The van der Waals surface area contributed by atoms with E-state index in [1.54, 1.807) is 0 Å². The number of hydrogen-bond donors (Lipinski definition) is 1. The minimum absolute atomic E-state index is 0.263. The number of rotatable bonds is 2. The lowest BCUT2D eigenvalue weighted by Gasteiger charge is -2.09. The lowest BCUT2D eigenvalue weighted by molar-refractivity contribution is 0.625. The van der Waals surface area contributed by atoms with Gasteiger partial charge in [-0.25, -0.2) is 4.98 Å². The molecule has 21 heavy (non-hydrogen) atoms. The topological polar surface area (TPSA) is 41.8 Å². The minimum atomic E-state index is 0.263. The van der Waals surface area contributed by atoms with Crippen molar-refractivity contribution in [3.05, 3.63) is 45.3 Å². The van der Waals surface area contributed by atoms with Crippen LogP contribution < -0.4 is 0 Å². The van der Waals surface area contributed by atoms with Crippen LogP contribution >= 0.6 is 23.8 Å². The zero-order valence-corrected chi connectivity index (χ0v) is 13.6. The first-order chi connectivity index (χ1) is 9.97. The van der Waals surface area contributed by atoms with Crippen molar-refractivity contribution in [2.24, 2.45) is 0 Å². The highest BCUT2D eigenvalue weighted by molar-refractivity contribution is 7.71. The maximum atomic E-state index is 6.17. The van der Waals surface area contributed by atoms with Gasteiger partial charge in [0.25, 0.3) is 0 Å². The molecule has 0 radical (unpaired) electrons. The van der Waals surface area contributed by atoms with Gasteiger partial charge in [-0.05, 0) is 19.1 Å². The lowest BCUT2D eigenvalue weighted by atomic mass is 10.1. The van der Waals surface area contributed by atoms with Crippen LogP contribution in [0.3, 0.4) is 0 Å². The third kappa shape index (κ3) is 2.49. The average molecular weight is 319 g/mol. The molecule has 108 valence electrons. The van der Waals surface area contributed by atoms with Gasteiger partial charge in [-0.3, -0.25) is 0 Å². The van der Waals surface area contributed by atoms with E-state index >= 15 is 0 Å². The zero-order valence-electron chi connectivity index (χ0n) is 12.0. The third-order valence-electron chi connectivity index (χ3n) is 3.46. The van der Waals surface area contributed by atoms with Crippen molar-refractivity contribution in [1.82, 2.24) is 9.97 Å². The van der Waals surface area contributed by atoms with Crippen molar-refractivity contribution < 1.29 is 4.42 Å². The van der Waals surface area contributed by atoms with Crippen LogP contribution in [0.15, 0.2) is 28.7 Å². The fraction of sp³-hybridized carbons (Fsp3) is 0.250. The Bertz CT molecular complexity index is 880. The van der Waals surface area contributed by atoms with Gasteiger partial charge >= 0.3 is 0 Å². The predicted molar refractivity (Wildman–Crippen MR) is 88.5 cm³/mol. The molecule has 0 aliphatic carbocycles. The number of para-hydroxylation sites is 1. The number of H-pyrrole nitrogens is 1. The van der Waals surface area contributed by atoms with Crippen molar-refractivity contribution in [2.75, 3.05) is 0 Å². The zero-order chi connectivity index (χ0) is 15.1. The van der Waals surface area contributed by atoms with Crippen molar-refractivity contribution >= 4 is 34.8 Å². The number of benzene rings is 1. The highest BCUT2D eigenvalue weighted by Gasteiger charge is 2.14. The predicted octanol–water partition coefficient (Wildman–Crippen LogP) is 5.64. The highest BCUT2D eigenvalue weighted by Crippen LogP contribution is 2.33. The number of aromatic amines is 1. The number of aromatic nitrogens is 2. The van der Waals surface area contributed by atoms with Gasteiger partial charge in [0.2, 0.25) is 0 Å².